The van der Waals surface area contributed by atoms with Crippen LogP contribution in [0.3, 0.4) is 0 Å². The molecule has 144 valence electrons. The Kier molecular flexibility index (Phi) is 4.67. The zero-order chi connectivity index (χ0) is 19.7. The van der Waals surface area contributed by atoms with Crippen molar-refractivity contribution in [2.24, 2.45) is 5.41 Å². The summed E-state index contributed by atoms with van der Waals surface area (Å²) in [5.41, 5.74) is 3.93. The zero-order valence-electron chi connectivity index (χ0n) is 16.4. The summed E-state index contributed by atoms with van der Waals surface area (Å²) in [4.78, 5) is 16.5. The standard InChI is InChI=1S/C23H25N3O2/c1-23(2)13-19(25-16-9-5-4-6-10-16)17-11-7-8-12-18(17)21(23)26-15-24-14-20(26)22(27)28-3/h4-12,14-15,19,21,25H,13H2,1-3H3. The first-order chi connectivity index (χ1) is 13.5. The molecule has 0 amide bonds. The Hall–Kier alpha value is -3.08. The van der Waals surface area contributed by atoms with Crippen LogP contribution in [-0.4, -0.2) is 22.6 Å². The van der Waals surface area contributed by atoms with Crippen molar-refractivity contribution in [3.05, 3.63) is 83.9 Å². The Morgan fingerprint density at radius 1 is 1.11 bits per heavy atom. The van der Waals surface area contributed by atoms with Gasteiger partial charge >= 0.3 is 5.97 Å². The summed E-state index contributed by atoms with van der Waals surface area (Å²) >= 11 is 0. The highest BCUT2D eigenvalue weighted by Crippen LogP contribution is 2.51. The Bertz CT molecular complexity index is 978. The van der Waals surface area contributed by atoms with Gasteiger partial charge in [0.05, 0.1) is 31.7 Å². The third-order valence-electron chi connectivity index (χ3n) is 5.59. The Labute approximate surface area is 165 Å². The van der Waals surface area contributed by atoms with Gasteiger partial charge in [0.1, 0.15) is 5.69 Å². The van der Waals surface area contributed by atoms with Gasteiger partial charge in [0.15, 0.2) is 0 Å². The second-order valence-electron chi connectivity index (χ2n) is 7.96. The van der Waals surface area contributed by atoms with E-state index in [-0.39, 0.29) is 23.5 Å². The van der Waals surface area contributed by atoms with Crippen molar-refractivity contribution in [1.29, 1.82) is 0 Å². The quantitative estimate of drug-likeness (QED) is 0.663. The Morgan fingerprint density at radius 3 is 2.50 bits per heavy atom. The summed E-state index contributed by atoms with van der Waals surface area (Å²) < 4.78 is 6.93. The van der Waals surface area contributed by atoms with Gasteiger partial charge in [-0.05, 0) is 35.1 Å². The predicted molar refractivity (Wildman–Crippen MR) is 109 cm³/mol. The van der Waals surface area contributed by atoms with Crippen molar-refractivity contribution in [3.63, 3.8) is 0 Å². The molecule has 0 radical (unpaired) electrons. The molecule has 4 rings (SSSR count). The molecule has 28 heavy (non-hydrogen) atoms. The van der Waals surface area contributed by atoms with Crippen LogP contribution in [0, 0.1) is 5.41 Å². The van der Waals surface area contributed by atoms with Crippen LogP contribution in [0.5, 0.6) is 0 Å². The predicted octanol–water partition coefficient (Wildman–Crippen LogP) is 4.84. The molecule has 3 aromatic rings. The van der Waals surface area contributed by atoms with Crippen molar-refractivity contribution >= 4 is 11.7 Å². The van der Waals surface area contributed by atoms with Crippen molar-refractivity contribution in [1.82, 2.24) is 9.55 Å². The van der Waals surface area contributed by atoms with Crippen LogP contribution >= 0.6 is 0 Å². The van der Waals surface area contributed by atoms with Gasteiger partial charge in [0.25, 0.3) is 0 Å². The number of ether oxygens (including phenoxy) is 1. The van der Waals surface area contributed by atoms with Crippen LogP contribution in [0.25, 0.3) is 0 Å². The summed E-state index contributed by atoms with van der Waals surface area (Å²) in [7, 11) is 1.40. The van der Waals surface area contributed by atoms with E-state index in [1.54, 1.807) is 12.5 Å². The third-order valence-corrected chi connectivity index (χ3v) is 5.59. The fourth-order valence-corrected chi connectivity index (χ4v) is 4.41. The lowest BCUT2D eigenvalue weighted by molar-refractivity contribution is 0.0580. The molecule has 0 saturated heterocycles. The molecule has 2 atom stereocenters. The number of aromatic nitrogens is 2. The Morgan fingerprint density at radius 2 is 1.79 bits per heavy atom. The van der Waals surface area contributed by atoms with E-state index >= 15 is 0 Å². The van der Waals surface area contributed by atoms with Gasteiger partial charge in [-0.3, -0.25) is 0 Å². The molecule has 0 aliphatic heterocycles. The minimum absolute atomic E-state index is 0.00544. The molecule has 5 nitrogen and oxygen atoms in total. The number of imidazole rings is 1. The number of hydrogen-bond donors (Lipinski definition) is 1. The highest BCUT2D eigenvalue weighted by Gasteiger charge is 2.42. The minimum Gasteiger partial charge on any atom is -0.464 e. The largest absolute Gasteiger partial charge is 0.464 e. The van der Waals surface area contributed by atoms with E-state index in [4.69, 9.17) is 4.74 Å². The van der Waals surface area contributed by atoms with Crippen LogP contribution in [0.1, 0.15) is 54.0 Å². The van der Waals surface area contributed by atoms with Crippen molar-refractivity contribution in [3.8, 4) is 0 Å². The van der Waals surface area contributed by atoms with E-state index in [2.05, 4.69) is 60.5 Å². The molecule has 1 aliphatic rings. The minimum atomic E-state index is -0.365. The van der Waals surface area contributed by atoms with E-state index in [0.29, 0.717) is 5.69 Å². The number of nitrogens with one attached hydrogen (secondary N) is 1. The molecule has 0 saturated carbocycles. The topological polar surface area (TPSA) is 56.1 Å². The summed E-state index contributed by atoms with van der Waals surface area (Å²) in [6.45, 7) is 4.49. The fourth-order valence-electron chi connectivity index (χ4n) is 4.41. The summed E-state index contributed by atoms with van der Waals surface area (Å²) in [5, 5.41) is 3.69. The third kappa shape index (κ3) is 3.17. The van der Waals surface area contributed by atoms with Gasteiger partial charge < -0.3 is 14.6 Å². The van der Waals surface area contributed by atoms with E-state index in [0.717, 1.165) is 12.1 Å². The molecule has 1 aliphatic carbocycles. The first-order valence-corrected chi connectivity index (χ1v) is 9.52. The molecule has 1 N–H and O–H groups in total. The molecule has 1 heterocycles. The van der Waals surface area contributed by atoms with Crippen LogP contribution in [0.15, 0.2) is 67.1 Å². The number of anilines is 1. The van der Waals surface area contributed by atoms with Crippen molar-refractivity contribution < 1.29 is 9.53 Å². The van der Waals surface area contributed by atoms with Crippen LogP contribution < -0.4 is 5.32 Å². The number of rotatable bonds is 4. The molecule has 1 aromatic heterocycles. The maximum atomic E-state index is 12.3. The smallest absolute Gasteiger partial charge is 0.356 e. The fraction of sp³-hybridized carbons (Fsp3) is 0.304. The SMILES string of the molecule is COC(=O)c1cncn1C1c2ccccc2C(Nc2ccccc2)CC1(C)C. The lowest BCUT2D eigenvalue weighted by atomic mass is 9.68. The highest BCUT2D eigenvalue weighted by atomic mass is 16.5. The van der Waals surface area contributed by atoms with Crippen LogP contribution in [0.4, 0.5) is 5.69 Å². The number of para-hydroxylation sites is 1. The summed E-state index contributed by atoms with van der Waals surface area (Å²) in [6.07, 6.45) is 4.24. The van der Waals surface area contributed by atoms with E-state index in [1.165, 1.54) is 18.2 Å². The van der Waals surface area contributed by atoms with Gasteiger partial charge in [-0.1, -0.05) is 56.3 Å². The lowest BCUT2D eigenvalue weighted by Gasteiger charge is -2.45. The average Bonchev–Trinajstić information content (AvgIpc) is 3.16. The van der Waals surface area contributed by atoms with E-state index in [9.17, 15) is 4.79 Å². The maximum Gasteiger partial charge on any atom is 0.356 e. The normalized spacial score (nSPS) is 20.2. The summed E-state index contributed by atoms with van der Waals surface area (Å²) in [6, 6.07) is 18.9. The van der Waals surface area contributed by atoms with Gasteiger partial charge in [-0.15, -0.1) is 0 Å². The maximum absolute atomic E-state index is 12.3. The van der Waals surface area contributed by atoms with E-state index < -0.39 is 0 Å². The molecule has 2 unspecified atom stereocenters. The number of benzene rings is 2. The number of esters is 1. The summed E-state index contributed by atoms with van der Waals surface area (Å²) in [5.74, 6) is -0.365. The number of fused-ring (bicyclic) bond motifs is 1. The molecule has 0 spiro atoms. The Balaban J connectivity index is 1.79. The van der Waals surface area contributed by atoms with Gasteiger partial charge in [0, 0.05) is 5.69 Å². The van der Waals surface area contributed by atoms with Crippen LogP contribution in [-0.2, 0) is 4.74 Å². The number of nitrogens with zero attached hydrogens (tertiary/aromatic N) is 2. The molecular formula is C23H25N3O2. The second kappa shape index (κ2) is 7.15. The van der Waals surface area contributed by atoms with Crippen molar-refractivity contribution in [2.75, 3.05) is 12.4 Å². The number of methoxy groups -OCH3 is 1. The molecular weight excluding hydrogens is 350 g/mol. The number of hydrogen-bond acceptors (Lipinski definition) is 4. The molecule has 2 aromatic carbocycles. The van der Waals surface area contributed by atoms with Gasteiger partial charge in [0.2, 0.25) is 0 Å². The van der Waals surface area contributed by atoms with Crippen molar-refractivity contribution in [2.45, 2.75) is 32.4 Å². The zero-order valence-corrected chi connectivity index (χ0v) is 16.4. The van der Waals surface area contributed by atoms with Crippen LogP contribution in [0.2, 0.25) is 0 Å². The monoisotopic (exact) mass is 375 g/mol. The van der Waals surface area contributed by atoms with Gasteiger partial charge in [-0.25, -0.2) is 9.78 Å². The van der Waals surface area contributed by atoms with E-state index in [1.807, 2.05) is 22.8 Å². The van der Waals surface area contributed by atoms with Gasteiger partial charge in [-0.2, -0.15) is 0 Å². The first kappa shape index (κ1) is 18.3. The molecule has 0 bridgehead atoms. The highest BCUT2D eigenvalue weighted by molar-refractivity contribution is 5.87. The molecule has 5 heteroatoms. The lowest BCUT2D eigenvalue weighted by Crippen LogP contribution is -2.38. The molecule has 0 fully saturated rings. The first-order valence-electron chi connectivity index (χ1n) is 9.52. The average molecular weight is 375 g/mol. The second-order valence-corrected chi connectivity index (χ2v) is 7.96. The number of carbonyl (C=O) groups is 1. The number of carbonyl (C=O) groups excluding carboxylic acids is 1.